The Morgan fingerprint density at radius 2 is 0.516 bits per heavy atom. The molecular weight excluding hydrogens is 888 g/mol. The van der Waals surface area contributed by atoms with Gasteiger partial charge in [0, 0.05) is 50.3 Å². The monoisotopic (exact) mass is 936 g/mol. The minimum Gasteiger partial charge on any atom is -0.778 e. The van der Waals surface area contributed by atoms with Crippen LogP contribution in [-0.4, -0.2) is 46.9 Å². The molecule has 328 valence electrons. The Labute approximate surface area is 421 Å². The van der Waals surface area contributed by atoms with Crippen LogP contribution < -0.4 is 95.0 Å². The Balaban J connectivity index is 0.00000512. The first-order valence-corrected chi connectivity index (χ1v) is 26.1. The SMILES string of the molecule is CCOP(=O)([O-])Cc1cc2c(O)c(c1)Cc1cc(CP(=O)([O-])OCC)cc(c1O)Cc1cc(CP(=O)([O-])OCC)cc(c1O)Cc1cc(CP(=O)([O-])OCC)cc(c1O)C2.[Li+].[Li+].[Li+].[Li+]. The summed E-state index contributed by atoms with van der Waals surface area (Å²) < 4.78 is 71.6. The molecule has 4 atom stereocenters. The number of hydrogen-bond acceptors (Lipinski definition) is 16. The topological polar surface area (TPSA) is 278 Å². The van der Waals surface area contributed by atoms with E-state index >= 15 is 0 Å². The van der Waals surface area contributed by atoms with Crippen molar-refractivity contribution in [2.24, 2.45) is 0 Å². The fraction of sp³-hybridized carbons (Fsp3) is 0.400. The average Bonchev–Trinajstić information content (AvgIpc) is 3.11. The molecule has 24 heteroatoms. The fourth-order valence-electron chi connectivity index (χ4n) is 7.46. The largest absolute Gasteiger partial charge is 1.00 e. The van der Waals surface area contributed by atoms with Gasteiger partial charge in [-0.05, 0) is 94.5 Å². The smallest absolute Gasteiger partial charge is 0.778 e. The third-order valence-electron chi connectivity index (χ3n) is 9.64. The van der Waals surface area contributed by atoms with Gasteiger partial charge in [0.05, 0.1) is 26.4 Å². The van der Waals surface area contributed by atoms with Gasteiger partial charge in [0.2, 0.25) is 0 Å². The summed E-state index contributed by atoms with van der Waals surface area (Å²) in [6.45, 7) is 5.48. The van der Waals surface area contributed by atoms with E-state index in [0.29, 0.717) is 0 Å². The Morgan fingerprint density at radius 3 is 0.641 bits per heavy atom. The van der Waals surface area contributed by atoms with Crippen LogP contribution in [-0.2, 0) is 86.7 Å². The molecule has 4 aromatic rings. The summed E-state index contributed by atoms with van der Waals surface area (Å²) >= 11 is 0. The van der Waals surface area contributed by atoms with Crippen molar-refractivity contribution in [3.05, 3.63) is 115 Å². The van der Waals surface area contributed by atoms with Crippen LogP contribution in [0.25, 0.3) is 0 Å². The van der Waals surface area contributed by atoms with Crippen molar-refractivity contribution in [2.45, 2.75) is 78.0 Å². The summed E-state index contributed by atoms with van der Waals surface area (Å²) in [5, 5.41) is 47.3. The van der Waals surface area contributed by atoms with Crippen molar-refractivity contribution in [3.8, 4) is 23.0 Å². The molecular formula is C40H48Li4O16P4. The average molecular weight is 936 g/mol. The van der Waals surface area contributed by atoms with Crippen LogP contribution >= 0.6 is 30.4 Å². The minimum atomic E-state index is -4.47. The number of phenolic OH excluding ortho intramolecular Hbond substituents is 4. The minimum absolute atomic E-state index is 0. The van der Waals surface area contributed by atoms with Gasteiger partial charge in [0.15, 0.2) is 0 Å². The summed E-state index contributed by atoms with van der Waals surface area (Å²) in [6, 6.07) is 11.2. The first-order chi connectivity index (χ1) is 28.1. The maximum Gasteiger partial charge on any atom is 1.00 e. The zero-order chi connectivity index (χ0) is 44.2. The van der Waals surface area contributed by atoms with E-state index in [2.05, 4.69) is 0 Å². The van der Waals surface area contributed by atoms with Gasteiger partial charge in [0.1, 0.15) is 53.4 Å². The van der Waals surface area contributed by atoms with Gasteiger partial charge in [-0.1, -0.05) is 48.5 Å². The fourth-order valence-corrected chi connectivity index (χ4v) is 11.9. The van der Waals surface area contributed by atoms with Crippen LogP contribution in [0.3, 0.4) is 0 Å². The number of fused-ring (bicyclic) bond motifs is 8. The number of aromatic hydroxyl groups is 4. The summed E-state index contributed by atoms with van der Waals surface area (Å²) in [5.41, 5.74) is 1.51. The van der Waals surface area contributed by atoms with Gasteiger partial charge in [-0.15, -0.1) is 0 Å². The quantitative estimate of drug-likeness (QED) is 0.0529. The molecule has 8 bridgehead atoms. The van der Waals surface area contributed by atoms with Crippen molar-refractivity contribution >= 4 is 30.4 Å². The van der Waals surface area contributed by atoms with Crippen molar-refractivity contribution in [3.63, 3.8) is 0 Å². The van der Waals surface area contributed by atoms with Crippen LogP contribution in [0.1, 0.15) is 94.5 Å². The Bertz CT molecular complexity index is 2030. The van der Waals surface area contributed by atoms with Crippen LogP contribution in [0.15, 0.2) is 48.5 Å². The number of hydrogen-bond donors (Lipinski definition) is 4. The molecule has 1 aliphatic rings. The molecule has 16 nitrogen and oxygen atoms in total. The Hall–Kier alpha value is -0.930. The Morgan fingerprint density at radius 1 is 0.375 bits per heavy atom. The van der Waals surface area contributed by atoms with Crippen molar-refractivity contribution in [2.75, 3.05) is 26.4 Å². The summed E-state index contributed by atoms with van der Waals surface area (Å²) in [4.78, 5) is 51.6. The molecule has 0 saturated carbocycles. The zero-order valence-electron chi connectivity index (χ0n) is 37.6. The first kappa shape index (κ1) is 61.1. The van der Waals surface area contributed by atoms with Gasteiger partial charge in [-0.3, -0.25) is 0 Å². The van der Waals surface area contributed by atoms with Gasteiger partial charge in [0.25, 0.3) is 0 Å². The number of rotatable bonds is 16. The molecule has 0 aromatic heterocycles. The summed E-state index contributed by atoms with van der Waals surface area (Å²) in [5.74, 6) is -1.40. The normalized spacial score (nSPS) is 15.9. The van der Waals surface area contributed by atoms with E-state index < -0.39 is 55.0 Å². The number of phenols is 4. The second kappa shape index (κ2) is 25.6. The third-order valence-corrected chi connectivity index (χ3v) is 15.3. The molecule has 5 rings (SSSR count). The van der Waals surface area contributed by atoms with Crippen LogP contribution in [0, 0.1) is 0 Å². The summed E-state index contributed by atoms with van der Waals surface area (Å²) in [6.07, 6.45) is -3.56. The molecule has 4 aromatic carbocycles. The molecule has 0 radical (unpaired) electrons. The second-order valence-electron chi connectivity index (χ2n) is 14.5. The molecule has 4 unspecified atom stereocenters. The van der Waals surface area contributed by atoms with Crippen LogP contribution in [0.4, 0.5) is 0 Å². The van der Waals surface area contributed by atoms with Crippen LogP contribution in [0.5, 0.6) is 23.0 Å². The van der Waals surface area contributed by atoms with E-state index in [0.717, 1.165) is 0 Å². The zero-order valence-corrected chi connectivity index (χ0v) is 41.2. The number of benzene rings is 4. The van der Waals surface area contributed by atoms with E-state index in [9.17, 15) is 58.3 Å². The molecule has 0 fully saturated rings. The molecule has 0 aliphatic heterocycles. The second-order valence-corrected chi connectivity index (χ2v) is 21.7. The molecule has 0 spiro atoms. The van der Waals surface area contributed by atoms with E-state index in [1.54, 1.807) is 0 Å². The Kier molecular flexibility index (Phi) is 24.4. The molecule has 0 saturated heterocycles. The predicted molar refractivity (Wildman–Crippen MR) is 215 cm³/mol. The molecule has 0 amide bonds. The molecule has 64 heavy (non-hydrogen) atoms. The van der Waals surface area contributed by atoms with Gasteiger partial charge >= 0.3 is 75.4 Å². The summed E-state index contributed by atoms with van der Waals surface area (Å²) in [7, 11) is -17.9. The molecule has 0 heterocycles. The van der Waals surface area contributed by atoms with E-state index in [1.807, 2.05) is 0 Å². The maximum atomic E-state index is 12.9. The maximum absolute atomic E-state index is 12.9. The van der Waals surface area contributed by atoms with Crippen molar-refractivity contribution in [1.82, 2.24) is 0 Å². The van der Waals surface area contributed by atoms with Gasteiger partial charge in [-0.25, -0.2) is 0 Å². The van der Waals surface area contributed by atoms with E-state index in [4.69, 9.17) is 18.1 Å². The van der Waals surface area contributed by atoms with E-state index in [1.165, 1.54) is 76.2 Å². The molecule has 4 N–H and O–H groups in total. The van der Waals surface area contributed by atoms with Crippen molar-refractivity contribution in [1.29, 1.82) is 0 Å². The standard InChI is InChI=1S/C40H52O16P4.4Li/c1-5-53-57(45,46)21-25-9-29-17-31-11-26(22-58(47,48)54-6-2)13-33(38(31)42)19-35-15-28(24-60(51,52)56-8-4)16-36(40(35)44)20-34-14-27(23-59(49,50)55-7-3)12-32(39(34)43)18-30(10-25)37(29)41;;;;/h9-16,41-44H,5-8,17-24H2,1-4H3,(H,45,46)(H,47,48)(H,49,50)(H,51,52);;;;/q;4*+1/p-4. The van der Waals surface area contributed by atoms with Gasteiger partial charge in [-0.2, -0.15) is 0 Å². The van der Waals surface area contributed by atoms with Gasteiger partial charge < -0.3 is 76.4 Å². The predicted octanol–water partition coefficient (Wildman–Crippen LogP) is -6.44. The van der Waals surface area contributed by atoms with Crippen molar-refractivity contribution < 1.29 is 152 Å². The molecule has 1 aliphatic carbocycles. The van der Waals surface area contributed by atoms with Crippen LogP contribution in [0.2, 0.25) is 0 Å². The third kappa shape index (κ3) is 16.6. The first-order valence-electron chi connectivity index (χ1n) is 19.2. The van der Waals surface area contributed by atoms with E-state index in [-0.39, 0.29) is 217 Å².